The monoisotopic (exact) mass is 1950 g/mol. The van der Waals surface area contributed by atoms with E-state index in [1.165, 1.54) is 51.7 Å². The number of aliphatic hydroxyl groups excluding tert-OH is 19. The summed E-state index contributed by atoms with van der Waals surface area (Å²) in [5.41, 5.74) is -0.241. The molecule has 24 heterocycles. The number of nitrogens with one attached hydrogen (secondary N) is 3. The van der Waals surface area contributed by atoms with E-state index in [0.29, 0.717) is 49.4 Å². The fraction of sp³-hybridized carbons (Fsp3) is 0.887. The quantitative estimate of drug-likeness (QED) is 0.0198. The van der Waals surface area contributed by atoms with Gasteiger partial charge < -0.3 is 194 Å². The number of rotatable bonds is 24. The fourth-order valence-corrected chi connectivity index (χ4v) is 21.8. The highest BCUT2D eigenvalue weighted by atomic mass is 33.1. The summed E-state index contributed by atoms with van der Waals surface area (Å²) >= 11 is 3.73. The van der Waals surface area contributed by atoms with Crippen LogP contribution in [0.1, 0.15) is 104 Å². The zero-order valence-electron chi connectivity index (χ0n) is 72.8. The van der Waals surface area contributed by atoms with Crippen LogP contribution in [-0.4, -0.2) is 456 Å². The lowest BCUT2D eigenvalue weighted by atomic mass is 9.72. The number of aryl methyl sites for hydroxylation is 1. The lowest BCUT2D eigenvalue weighted by Gasteiger charge is -2.50. The number of esters is 1. The summed E-state index contributed by atoms with van der Waals surface area (Å²) in [6.07, 6.45) is -65.0. The normalized spacial score (nSPS) is 45.1. The third-order valence-corrected chi connectivity index (χ3v) is 30.7. The number of thiazole rings is 1. The second-order valence-electron chi connectivity index (χ2n) is 35.0. The summed E-state index contributed by atoms with van der Waals surface area (Å²) in [6, 6.07) is -1.38. The molecule has 23 aliphatic rings. The summed E-state index contributed by atoms with van der Waals surface area (Å²) in [7, 11) is 4.35. The van der Waals surface area contributed by atoms with Crippen molar-refractivity contribution in [2.24, 2.45) is 17.3 Å². The highest BCUT2D eigenvalue weighted by Crippen LogP contribution is 2.47. The Kier molecular flexibility index (Phi) is 39.2. The van der Waals surface area contributed by atoms with Crippen molar-refractivity contribution in [1.82, 2.24) is 20.9 Å². The van der Waals surface area contributed by atoms with Gasteiger partial charge in [-0.25, -0.2) is 4.98 Å². The molecule has 23 saturated heterocycles. The Balaban J connectivity index is 0.732. The number of hydrogen-bond acceptors (Lipinski definition) is 47. The number of carbonyl (C=O) groups excluding carboxylic acids is 4. The molecular weight excluding hydrogens is 1820 g/mol. The smallest absolute Gasteiger partial charge is 0.306 e. The molecule has 740 valence electrons. The molecule has 2 amide bonds. The number of fused-ring (bicyclic) bond motifs is 1. The Morgan fingerprint density at radius 1 is 0.612 bits per heavy atom. The van der Waals surface area contributed by atoms with Crippen LogP contribution in [0, 0.1) is 24.2 Å². The van der Waals surface area contributed by atoms with E-state index in [4.69, 9.17) is 75.8 Å². The molecule has 0 spiro atoms. The Morgan fingerprint density at radius 2 is 1.06 bits per heavy atom. The van der Waals surface area contributed by atoms with Crippen molar-refractivity contribution in [3.8, 4) is 0 Å². The van der Waals surface area contributed by atoms with E-state index < -0.39 is 301 Å². The molecule has 23 fully saturated rings. The number of amides is 2. The van der Waals surface area contributed by atoms with Crippen molar-refractivity contribution in [1.29, 1.82) is 0 Å². The molecule has 42 atom stereocenters. The highest BCUT2D eigenvalue weighted by Gasteiger charge is 2.62. The first-order valence-corrected chi connectivity index (χ1v) is 49.0. The van der Waals surface area contributed by atoms with Crippen molar-refractivity contribution in [3.05, 3.63) is 21.7 Å². The van der Waals surface area contributed by atoms with Crippen molar-refractivity contribution in [3.63, 3.8) is 0 Å². The van der Waals surface area contributed by atoms with Crippen molar-refractivity contribution in [2.45, 2.75) is 345 Å². The standard InChI is InChI=1S/C80H130N4O40S5/c1-10-125-28-42-66-51(95)57(101)75(114-42)119-64-40(24-87)111-72(55(99)49(64)93)118-63-39(23-86)112-74(56(100)50(63)94)122-67-43(115-76(58(102)52(67)96)120-65-41(25-88)113-77(59(103)53(65)97)124-80(108)30-109-71(60(104)69(80)106)117-62-38(22-85)110-73(121-66)54(98)48(62)92)29-126-27-37(81-9)70(107)82-16-18-129-128-17-12-14-47(91)116-61-31(2)13-11-15-79(8)45(123-79)20-36(32(3)19-35-26-127-34(5)83-35)84-46(90)21-44(89)78(6,7)68(105)33(61)4/h19,26,31,33,36-45,48-67,69,71-77,81,85-89,92-104,106,108H,10-18,20-25,27-30H2,1-9H3,(H,82,107)(H,84,90)/b32-19+/t31-,33+,36-,37+,38?,39?,40?,41?,42?,43?,44-,45-,48+,49+,50+,51+,52+,53+,54?,55?,56?,57?,58?,59?,60?,61-,62+,63+,64+,65+,66+,67+,69+,71+,72-,73+,74-,75+,76-,77+,79+,80+/m0/s1. The summed E-state index contributed by atoms with van der Waals surface area (Å²) in [4.78, 5) is 60.3. The van der Waals surface area contributed by atoms with Crippen molar-refractivity contribution in [2.75, 3.05) is 81.1 Å². The van der Waals surface area contributed by atoms with Crippen LogP contribution >= 0.6 is 56.4 Å². The first-order chi connectivity index (χ1) is 61.2. The summed E-state index contributed by atoms with van der Waals surface area (Å²) in [5, 5.41) is 242. The maximum absolute atomic E-state index is 14.5. The summed E-state index contributed by atoms with van der Waals surface area (Å²) < 4.78 is 95.3. The fourth-order valence-electron chi connectivity index (χ4n) is 17.3. The molecule has 0 aliphatic carbocycles. The number of ether oxygens (including phenoxy) is 16. The van der Waals surface area contributed by atoms with Crippen LogP contribution < -0.4 is 16.0 Å². The molecule has 44 nitrogen and oxygen atoms in total. The molecule has 13 unspecified atom stereocenters. The van der Waals surface area contributed by atoms with Crippen LogP contribution in [0.3, 0.4) is 0 Å². The lowest BCUT2D eigenvalue weighted by molar-refractivity contribution is -0.432. The first kappa shape index (κ1) is 107. The molecule has 24 rings (SSSR count). The zero-order chi connectivity index (χ0) is 94.2. The van der Waals surface area contributed by atoms with Crippen LogP contribution in [0.5, 0.6) is 0 Å². The predicted octanol–water partition coefficient (Wildman–Crippen LogP) is -7.29. The second kappa shape index (κ2) is 47.4. The minimum Gasteiger partial charge on any atom is -0.461 e. The van der Waals surface area contributed by atoms with Crippen LogP contribution in [0.4, 0.5) is 0 Å². The number of Topliss-reactive ketones (excluding diaryl/α,β-unsaturated/α-hetero) is 1. The molecule has 0 aromatic carbocycles. The van der Waals surface area contributed by atoms with Gasteiger partial charge in [-0.05, 0) is 70.4 Å². The number of ketones is 1. The number of nitrogens with zero attached hydrogens (tertiary/aromatic N) is 1. The SMILES string of the molecule is CCSCC1O[C@@H]2O[C@@H]3C(CO)O[C@@H](O[C@@H]4C(CO)O[C@@H](O[C@@H]5C(CSC[C@@H](NC)C(=O)NCCSSCCCC(=O)O[C@H]6[C@@H](C)CCC[C@@]7(C)O[C@H]7C[C@@H](/C(C)=C/c7csc(C)n7)NC(=O)C[C@H](O)C(C)(C)C(=O)[C@@H]6C)O[C@@H](O[C@@H]6C(CO)O[C@H](O[C@]7(O)CO[C@H](O[C@@H]8C(CO)O[C@H](O[C@H]1[C@H](O)C2O)C(O)[C@H]8O)C(O)[C@H]7O)C(O)[C@H]6O)C(O)[C@H]5O)C(O)[C@H]4O)C(O)[C@H]3O. The van der Waals surface area contributed by atoms with Gasteiger partial charge in [-0.2, -0.15) is 23.5 Å². The minimum absolute atomic E-state index is 0.0150. The van der Waals surface area contributed by atoms with E-state index in [-0.39, 0.29) is 54.5 Å². The van der Waals surface area contributed by atoms with Crippen molar-refractivity contribution >= 4 is 86.1 Å². The molecule has 23 N–H and O–H groups in total. The highest BCUT2D eigenvalue weighted by molar-refractivity contribution is 8.76. The maximum atomic E-state index is 14.5. The van der Waals surface area contributed by atoms with E-state index in [1.54, 1.807) is 27.7 Å². The van der Waals surface area contributed by atoms with E-state index in [0.717, 1.165) is 28.0 Å². The number of thioether (sulfide) groups is 2. The Labute approximate surface area is 765 Å². The number of hydrogen-bond donors (Lipinski definition) is 23. The van der Waals surface area contributed by atoms with E-state index in [1.807, 2.05) is 39.2 Å². The average Bonchev–Trinajstić information content (AvgIpc) is 1.58. The van der Waals surface area contributed by atoms with Gasteiger partial charge in [0.2, 0.25) is 17.6 Å². The van der Waals surface area contributed by atoms with Gasteiger partial charge in [0, 0.05) is 53.5 Å². The van der Waals surface area contributed by atoms with Gasteiger partial charge in [0.05, 0.1) is 97.0 Å². The predicted molar refractivity (Wildman–Crippen MR) is 452 cm³/mol. The second-order valence-corrected chi connectivity index (χ2v) is 41.2. The molecule has 0 saturated carbocycles. The third kappa shape index (κ3) is 25.4. The van der Waals surface area contributed by atoms with Gasteiger partial charge in [-0.1, -0.05) is 62.6 Å². The molecule has 1 aromatic rings. The summed E-state index contributed by atoms with van der Waals surface area (Å²) in [5.74, 6) is -5.20. The molecular formula is C80H130N4O40S5. The third-order valence-electron chi connectivity index (χ3n) is 25.3. The Bertz CT molecular complexity index is 3750. The number of aromatic nitrogens is 1. The first-order valence-electron chi connectivity index (χ1n) is 43.3. The molecule has 129 heavy (non-hydrogen) atoms. The maximum Gasteiger partial charge on any atom is 0.306 e. The Hall–Kier alpha value is -2.59. The molecule has 49 heteroatoms. The topological polar surface area (TPSA) is 673 Å². The number of likely N-dealkylation sites (N-methyl/N-ethyl adjacent to an activating group) is 1. The number of epoxide rings is 1. The number of carbonyl (C=O) groups is 4. The molecule has 1 aromatic heterocycles. The van der Waals surface area contributed by atoms with Crippen LogP contribution in [0.2, 0.25) is 0 Å². The van der Waals surface area contributed by atoms with Gasteiger partial charge in [0.25, 0.3) is 0 Å². The largest absolute Gasteiger partial charge is 0.461 e. The zero-order valence-corrected chi connectivity index (χ0v) is 76.9. The summed E-state index contributed by atoms with van der Waals surface area (Å²) in [6.45, 7) is 9.12. The minimum atomic E-state index is -3.11. The van der Waals surface area contributed by atoms with Gasteiger partial charge in [-0.15, -0.1) is 11.3 Å². The van der Waals surface area contributed by atoms with Crippen LogP contribution in [0.25, 0.3) is 6.08 Å². The lowest BCUT2D eigenvalue weighted by Crippen LogP contribution is -2.69. The Morgan fingerprint density at radius 3 is 1.53 bits per heavy atom. The van der Waals surface area contributed by atoms with E-state index in [2.05, 4.69) is 20.9 Å². The van der Waals surface area contributed by atoms with E-state index >= 15 is 0 Å². The van der Waals surface area contributed by atoms with Gasteiger partial charge in [0.15, 0.2) is 44.0 Å². The van der Waals surface area contributed by atoms with Gasteiger partial charge >= 0.3 is 5.97 Å². The van der Waals surface area contributed by atoms with Crippen molar-refractivity contribution < 1.29 is 197 Å². The molecule has 14 bridgehead atoms. The van der Waals surface area contributed by atoms with Crippen LogP contribution in [0.15, 0.2) is 11.0 Å². The number of aliphatic hydroxyl groups is 20. The molecule has 23 aliphatic heterocycles. The molecule has 0 radical (unpaired) electrons. The van der Waals surface area contributed by atoms with Gasteiger partial charge in [0.1, 0.15) is 165 Å². The average molecular weight is 1950 g/mol. The van der Waals surface area contributed by atoms with Gasteiger partial charge in [-0.3, -0.25) is 19.2 Å². The van der Waals surface area contributed by atoms with Crippen LogP contribution in [-0.2, 0) is 95.0 Å². The van der Waals surface area contributed by atoms with E-state index in [9.17, 15) is 121 Å².